The number of nitrogens with zero attached hydrogens (tertiary/aromatic N) is 5. The first-order chi connectivity index (χ1) is 13.5. The Morgan fingerprint density at radius 3 is 2.64 bits per heavy atom. The van der Waals surface area contributed by atoms with E-state index in [1.54, 1.807) is 10.9 Å². The van der Waals surface area contributed by atoms with E-state index in [4.69, 9.17) is 0 Å². The van der Waals surface area contributed by atoms with E-state index in [1.807, 2.05) is 53.9 Å². The minimum Gasteiger partial charge on any atom is -0.336 e. The van der Waals surface area contributed by atoms with Crippen LogP contribution in [0.4, 0.5) is 0 Å². The van der Waals surface area contributed by atoms with Crippen LogP contribution >= 0.6 is 11.3 Å². The average molecular weight is 389 g/mol. The molecule has 3 aromatic rings. The molecule has 1 aromatic carbocycles. The molecule has 0 atom stereocenters. The zero-order valence-electron chi connectivity index (χ0n) is 15.5. The third-order valence-corrected chi connectivity index (χ3v) is 6.80. The molecule has 1 aliphatic heterocycles. The van der Waals surface area contributed by atoms with Gasteiger partial charge < -0.3 is 4.90 Å². The standard InChI is InChI=1S/C21H19N5OS/c1-25-8-15(7-23-25)18-24-17(9-28-18)19(27)26-13-20(14-26)10-21(11-20,12-22)16-5-3-2-4-6-16/h2-9H,10-11,13-14H2,1H3. The first-order valence-electron chi connectivity index (χ1n) is 9.23. The summed E-state index contributed by atoms with van der Waals surface area (Å²) in [7, 11) is 1.86. The zero-order chi connectivity index (χ0) is 19.4. The van der Waals surface area contributed by atoms with Crippen LogP contribution in [0.15, 0.2) is 48.1 Å². The lowest BCUT2D eigenvalue weighted by molar-refractivity contribution is -0.0754. The SMILES string of the molecule is Cn1cc(-c2nc(C(=O)N3CC4(C3)CC(C#N)(c3ccccc3)C4)cs2)cn1. The van der Waals surface area contributed by atoms with Gasteiger partial charge in [0.25, 0.3) is 5.91 Å². The fraction of sp³-hybridized carbons (Fsp3) is 0.333. The maximum atomic E-state index is 12.8. The smallest absolute Gasteiger partial charge is 0.273 e. The van der Waals surface area contributed by atoms with Crippen molar-refractivity contribution in [3.8, 4) is 16.6 Å². The summed E-state index contributed by atoms with van der Waals surface area (Å²) >= 11 is 1.46. The molecule has 2 aliphatic rings. The molecule has 3 heterocycles. The predicted molar refractivity (Wildman–Crippen MR) is 106 cm³/mol. The minimum absolute atomic E-state index is 0.0221. The first-order valence-corrected chi connectivity index (χ1v) is 10.1. The normalized spacial score (nSPS) is 18.9. The van der Waals surface area contributed by atoms with Crippen molar-refractivity contribution in [3.05, 3.63) is 59.4 Å². The van der Waals surface area contributed by atoms with Crippen LogP contribution in [0.3, 0.4) is 0 Å². The Kier molecular flexibility index (Phi) is 3.68. The van der Waals surface area contributed by atoms with Crippen LogP contribution in [0.25, 0.3) is 10.6 Å². The lowest BCUT2D eigenvalue weighted by atomic mass is 9.48. The highest BCUT2D eigenvalue weighted by Crippen LogP contribution is 2.59. The molecule has 140 valence electrons. The van der Waals surface area contributed by atoms with Gasteiger partial charge in [0.1, 0.15) is 10.7 Å². The number of likely N-dealkylation sites (tertiary alicyclic amines) is 1. The molecular weight excluding hydrogens is 370 g/mol. The van der Waals surface area contributed by atoms with Crippen molar-refractivity contribution in [2.24, 2.45) is 12.5 Å². The summed E-state index contributed by atoms with van der Waals surface area (Å²) in [5.74, 6) is -0.0221. The summed E-state index contributed by atoms with van der Waals surface area (Å²) in [5.41, 5.74) is 2.20. The lowest BCUT2D eigenvalue weighted by Gasteiger charge is -2.62. The Hall–Kier alpha value is -2.98. The number of aromatic nitrogens is 3. The van der Waals surface area contributed by atoms with E-state index in [-0.39, 0.29) is 11.3 Å². The number of hydrogen-bond donors (Lipinski definition) is 0. The number of nitriles is 1. The second kappa shape index (κ2) is 6.01. The van der Waals surface area contributed by atoms with Gasteiger partial charge >= 0.3 is 0 Å². The van der Waals surface area contributed by atoms with E-state index in [9.17, 15) is 10.1 Å². The molecular formula is C21H19N5OS. The van der Waals surface area contributed by atoms with Crippen molar-refractivity contribution in [2.75, 3.05) is 13.1 Å². The molecule has 6 nitrogen and oxygen atoms in total. The summed E-state index contributed by atoms with van der Waals surface area (Å²) in [6.07, 6.45) is 5.29. The van der Waals surface area contributed by atoms with Crippen LogP contribution in [-0.2, 0) is 12.5 Å². The molecule has 7 heteroatoms. The van der Waals surface area contributed by atoms with Crippen LogP contribution in [0.2, 0.25) is 0 Å². The van der Waals surface area contributed by atoms with E-state index < -0.39 is 5.41 Å². The highest BCUT2D eigenvalue weighted by Gasteiger charge is 2.61. The average Bonchev–Trinajstić information content (AvgIpc) is 3.30. The van der Waals surface area contributed by atoms with Crippen LogP contribution in [0.5, 0.6) is 0 Å². The van der Waals surface area contributed by atoms with Crippen molar-refractivity contribution in [2.45, 2.75) is 18.3 Å². The van der Waals surface area contributed by atoms with Crippen molar-refractivity contribution in [1.29, 1.82) is 5.26 Å². The summed E-state index contributed by atoms with van der Waals surface area (Å²) in [6.45, 7) is 1.42. The van der Waals surface area contributed by atoms with E-state index in [0.29, 0.717) is 18.8 Å². The predicted octanol–water partition coefficient (Wildman–Crippen LogP) is 3.24. The van der Waals surface area contributed by atoms with Crippen molar-refractivity contribution < 1.29 is 4.79 Å². The highest BCUT2D eigenvalue weighted by atomic mass is 32.1. The van der Waals surface area contributed by atoms with Gasteiger partial charge in [-0.1, -0.05) is 30.3 Å². The number of thiazole rings is 1. The number of hydrogen-bond acceptors (Lipinski definition) is 5. The van der Waals surface area contributed by atoms with Gasteiger partial charge in [-0.15, -0.1) is 11.3 Å². The quantitative estimate of drug-likeness (QED) is 0.689. The highest BCUT2D eigenvalue weighted by molar-refractivity contribution is 7.13. The number of rotatable bonds is 3. The molecule has 1 amide bonds. The molecule has 5 rings (SSSR count). The number of benzene rings is 1. The van der Waals surface area contributed by atoms with Gasteiger partial charge in [-0.2, -0.15) is 10.4 Å². The summed E-state index contributed by atoms with van der Waals surface area (Å²) < 4.78 is 1.72. The summed E-state index contributed by atoms with van der Waals surface area (Å²) in [6, 6.07) is 12.5. The molecule has 28 heavy (non-hydrogen) atoms. The topological polar surface area (TPSA) is 74.8 Å². The minimum atomic E-state index is -0.398. The lowest BCUT2D eigenvalue weighted by Crippen LogP contribution is -2.67. The maximum Gasteiger partial charge on any atom is 0.273 e. The third kappa shape index (κ3) is 2.56. The van der Waals surface area contributed by atoms with Gasteiger partial charge in [-0.05, 0) is 18.4 Å². The molecule has 0 unspecified atom stereocenters. The van der Waals surface area contributed by atoms with Crippen LogP contribution in [-0.4, -0.2) is 38.7 Å². The Labute approximate surface area is 167 Å². The van der Waals surface area contributed by atoms with E-state index in [2.05, 4.69) is 16.2 Å². The number of amides is 1. The van der Waals surface area contributed by atoms with E-state index in [1.165, 1.54) is 11.3 Å². The van der Waals surface area contributed by atoms with Gasteiger partial charge in [-0.3, -0.25) is 9.48 Å². The second-order valence-electron chi connectivity index (χ2n) is 8.02. The van der Waals surface area contributed by atoms with Gasteiger partial charge in [0.05, 0.1) is 17.7 Å². The van der Waals surface area contributed by atoms with Gasteiger partial charge in [0.15, 0.2) is 0 Å². The molecule has 1 spiro atoms. The zero-order valence-corrected chi connectivity index (χ0v) is 16.3. The van der Waals surface area contributed by atoms with E-state index >= 15 is 0 Å². The molecule has 0 radical (unpaired) electrons. The van der Waals surface area contributed by atoms with Gasteiger partial charge in [0, 0.05) is 42.7 Å². The van der Waals surface area contributed by atoms with Crippen LogP contribution < -0.4 is 0 Å². The van der Waals surface area contributed by atoms with Crippen LogP contribution in [0, 0.1) is 16.7 Å². The summed E-state index contributed by atoms with van der Waals surface area (Å²) in [5, 5.41) is 16.5. The molecule has 1 saturated heterocycles. The molecule has 1 aliphatic carbocycles. The van der Waals surface area contributed by atoms with Crippen LogP contribution in [0.1, 0.15) is 28.9 Å². The molecule has 2 fully saturated rings. The Bertz CT molecular complexity index is 1080. The van der Waals surface area contributed by atoms with Crippen molar-refractivity contribution >= 4 is 17.2 Å². The fourth-order valence-corrected chi connectivity index (χ4v) is 5.43. The van der Waals surface area contributed by atoms with E-state index in [0.717, 1.165) is 29.0 Å². The number of carbonyl (C=O) groups excluding carboxylic acids is 1. The number of carbonyl (C=O) groups is 1. The first kappa shape index (κ1) is 17.1. The van der Waals surface area contributed by atoms with Crippen molar-refractivity contribution in [3.63, 3.8) is 0 Å². The van der Waals surface area contributed by atoms with Gasteiger partial charge in [-0.25, -0.2) is 4.98 Å². The van der Waals surface area contributed by atoms with Crippen molar-refractivity contribution in [1.82, 2.24) is 19.7 Å². The largest absolute Gasteiger partial charge is 0.336 e. The monoisotopic (exact) mass is 389 g/mol. The summed E-state index contributed by atoms with van der Waals surface area (Å²) in [4.78, 5) is 19.1. The Morgan fingerprint density at radius 2 is 2.00 bits per heavy atom. The van der Waals surface area contributed by atoms with Gasteiger partial charge in [0.2, 0.25) is 0 Å². The molecule has 0 bridgehead atoms. The Morgan fingerprint density at radius 1 is 1.25 bits per heavy atom. The molecule has 0 N–H and O–H groups in total. The fourth-order valence-electron chi connectivity index (χ4n) is 4.66. The Balaban J connectivity index is 1.25. The molecule has 2 aromatic heterocycles. The third-order valence-electron chi connectivity index (χ3n) is 5.91. The maximum absolute atomic E-state index is 12.8. The molecule has 1 saturated carbocycles. The second-order valence-corrected chi connectivity index (χ2v) is 8.87. The number of aryl methyl sites for hydroxylation is 1.